The molecule has 3 heterocycles. The molecule has 33 heavy (non-hydrogen) atoms. The van der Waals surface area contributed by atoms with Gasteiger partial charge in [-0.25, -0.2) is 9.66 Å². The van der Waals surface area contributed by atoms with E-state index in [-0.39, 0.29) is 5.41 Å². The van der Waals surface area contributed by atoms with Crippen molar-refractivity contribution >= 4 is 28.3 Å². The van der Waals surface area contributed by atoms with E-state index in [9.17, 15) is 0 Å². The Labute approximate surface area is 202 Å². The first-order valence-electron chi connectivity index (χ1n) is 11.7. The fraction of sp³-hybridized carbons (Fsp3) is 0.385. The van der Waals surface area contributed by atoms with Crippen LogP contribution < -0.4 is 15.6 Å². The molecule has 0 amide bonds. The van der Waals surface area contributed by atoms with Crippen molar-refractivity contribution in [3.05, 3.63) is 77.7 Å². The zero-order valence-electron chi connectivity index (χ0n) is 20.4. The fourth-order valence-electron chi connectivity index (χ4n) is 4.68. The molecule has 6 nitrogen and oxygen atoms in total. The number of hydrogen-bond acceptors (Lipinski definition) is 5. The number of nitrogens with zero attached hydrogens (tertiary/aromatic N) is 4. The molecule has 0 saturated carbocycles. The third-order valence-electron chi connectivity index (χ3n) is 6.30. The minimum Gasteiger partial charge on any atom is -0.374 e. The predicted octanol–water partition coefficient (Wildman–Crippen LogP) is 6.33. The molecule has 1 unspecified atom stereocenters. The molecule has 0 aliphatic carbocycles. The van der Waals surface area contributed by atoms with E-state index in [1.807, 2.05) is 56.2 Å². The van der Waals surface area contributed by atoms with E-state index in [1.165, 1.54) is 5.56 Å². The smallest absolute Gasteiger partial charge is 0.148 e. The van der Waals surface area contributed by atoms with Crippen molar-refractivity contribution in [3.8, 4) is 0 Å². The van der Waals surface area contributed by atoms with Gasteiger partial charge in [0, 0.05) is 29.4 Å². The lowest BCUT2D eigenvalue weighted by Crippen LogP contribution is -2.31. The highest BCUT2D eigenvalue weighted by Crippen LogP contribution is 2.52. The first-order valence-corrected chi connectivity index (χ1v) is 12.0. The molecule has 2 N–H and O–H groups in total. The van der Waals surface area contributed by atoms with Crippen LogP contribution in [-0.4, -0.2) is 21.7 Å². The van der Waals surface area contributed by atoms with Crippen LogP contribution in [0.2, 0.25) is 5.02 Å². The summed E-state index contributed by atoms with van der Waals surface area (Å²) >= 11 is 6.28. The van der Waals surface area contributed by atoms with Gasteiger partial charge in [0.25, 0.3) is 0 Å². The van der Waals surface area contributed by atoms with E-state index in [4.69, 9.17) is 16.6 Å². The minimum absolute atomic E-state index is 0.0742. The van der Waals surface area contributed by atoms with Gasteiger partial charge in [-0.1, -0.05) is 58.9 Å². The third-order valence-corrected chi connectivity index (χ3v) is 6.53. The van der Waals surface area contributed by atoms with Gasteiger partial charge >= 0.3 is 0 Å². The highest BCUT2D eigenvalue weighted by atomic mass is 35.5. The molecular weight excluding hydrogens is 432 g/mol. The van der Waals surface area contributed by atoms with Crippen LogP contribution in [-0.2, 0) is 12.0 Å². The lowest BCUT2D eigenvalue weighted by molar-refractivity contribution is 0.448. The van der Waals surface area contributed by atoms with Crippen LogP contribution in [0.5, 0.6) is 0 Å². The van der Waals surface area contributed by atoms with Crippen molar-refractivity contribution in [1.82, 2.24) is 20.0 Å². The lowest BCUT2D eigenvalue weighted by atomic mass is 9.74. The normalized spacial score (nSPS) is 16.9. The first-order chi connectivity index (χ1) is 15.9. The Balaban J connectivity index is 0.00000149. The van der Waals surface area contributed by atoms with Crippen LogP contribution in [0.15, 0.2) is 61.3 Å². The molecule has 0 spiro atoms. The van der Waals surface area contributed by atoms with Crippen molar-refractivity contribution in [2.24, 2.45) is 0 Å². The highest BCUT2D eigenvalue weighted by molar-refractivity contribution is 6.31. The Kier molecular flexibility index (Phi) is 7.69. The maximum Gasteiger partial charge on any atom is 0.148 e. The Bertz CT molecular complexity index is 1150. The number of allylic oxidation sites excluding steroid dienone is 1. The zero-order valence-corrected chi connectivity index (χ0v) is 21.1. The van der Waals surface area contributed by atoms with Crippen molar-refractivity contribution in [3.63, 3.8) is 0 Å². The second-order valence-corrected chi connectivity index (χ2v) is 8.38. The van der Waals surface area contributed by atoms with Gasteiger partial charge in [-0.05, 0) is 42.7 Å². The van der Waals surface area contributed by atoms with Crippen molar-refractivity contribution < 1.29 is 0 Å². The molecular formula is C26H35ClN6. The van der Waals surface area contributed by atoms with Crippen LogP contribution in [0, 0.1) is 0 Å². The van der Waals surface area contributed by atoms with Gasteiger partial charge in [-0.3, -0.25) is 10.4 Å². The molecule has 1 atom stereocenters. The average Bonchev–Trinajstić information content (AvgIpc) is 3.28. The lowest BCUT2D eigenvalue weighted by Gasteiger charge is -2.32. The van der Waals surface area contributed by atoms with Gasteiger partial charge in [0.1, 0.15) is 11.6 Å². The fourth-order valence-corrected chi connectivity index (χ4v) is 4.85. The highest BCUT2D eigenvalue weighted by Gasteiger charge is 2.44. The maximum absolute atomic E-state index is 6.28. The molecule has 0 saturated heterocycles. The number of pyridine rings is 1. The number of aromatic nitrogens is 3. The summed E-state index contributed by atoms with van der Waals surface area (Å²) in [6.45, 7) is 17.6. The van der Waals surface area contributed by atoms with Crippen molar-refractivity contribution in [2.75, 3.05) is 17.4 Å². The van der Waals surface area contributed by atoms with Crippen LogP contribution in [0.3, 0.4) is 0 Å². The largest absolute Gasteiger partial charge is 0.374 e. The van der Waals surface area contributed by atoms with Gasteiger partial charge in [-0.15, -0.1) is 0 Å². The molecule has 3 aromatic rings. The first kappa shape index (κ1) is 24.6. The number of imidazole rings is 1. The van der Waals surface area contributed by atoms with Gasteiger partial charge in [0.15, 0.2) is 0 Å². The quantitative estimate of drug-likeness (QED) is 0.406. The number of anilines is 1. The third kappa shape index (κ3) is 4.32. The maximum atomic E-state index is 6.28. The number of rotatable bonds is 8. The number of hydrogen-bond donors (Lipinski definition) is 2. The molecule has 0 fully saturated rings. The van der Waals surface area contributed by atoms with E-state index in [0.29, 0.717) is 17.4 Å². The molecule has 0 radical (unpaired) electrons. The Morgan fingerprint density at radius 1 is 1.21 bits per heavy atom. The van der Waals surface area contributed by atoms with Crippen molar-refractivity contribution in [1.29, 1.82) is 0 Å². The van der Waals surface area contributed by atoms with Crippen LogP contribution in [0.1, 0.15) is 58.3 Å². The standard InChI is InChI=1S/C24H29ClN6.C2H6/c1-6-11-24(7-2)16(3)30(22-14-27-12-10-19(22)24)15-23-28-20-9-8-18(25)13-21(20)31(23)29-17(4)26-5;1-2/h8-10,12-14,26,29H,3-4,6-7,11,15H2,1-2,5H3;1-2H3. The monoisotopic (exact) mass is 466 g/mol. The second kappa shape index (κ2) is 10.3. The minimum atomic E-state index is -0.0742. The summed E-state index contributed by atoms with van der Waals surface area (Å²) in [5.74, 6) is 1.50. The van der Waals surface area contributed by atoms with E-state index in [0.717, 1.165) is 47.5 Å². The Morgan fingerprint density at radius 3 is 2.64 bits per heavy atom. The predicted molar refractivity (Wildman–Crippen MR) is 140 cm³/mol. The van der Waals surface area contributed by atoms with Gasteiger partial charge in [0.05, 0.1) is 29.5 Å². The van der Waals surface area contributed by atoms with E-state index in [1.54, 1.807) is 0 Å². The molecule has 7 heteroatoms. The molecule has 1 aromatic carbocycles. The number of halogens is 1. The Morgan fingerprint density at radius 2 is 1.97 bits per heavy atom. The van der Waals surface area contributed by atoms with Gasteiger partial charge in [-0.2, -0.15) is 0 Å². The molecule has 0 bridgehead atoms. The number of benzene rings is 1. The molecule has 1 aliphatic rings. The summed E-state index contributed by atoms with van der Waals surface area (Å²) in [5, 5.41) is 3.70. The van der Waals surface area contributed by atoms with Crippen LogP contribution in [0.4, 0.5) is 5.69 Å². The van der Waals surface area contributed by atoms with Crippen molar-refractivity contribution in [2.45, 2.75) is 58.9 Å². The summed E-state index contributed by atoms with van der Waals surface area (Å²) in [6.07, 6.45) is 6.95. The molecule has 1 aliphatic heterocycles. The number of nitrogens with one attached hydrogen (secondary N) is 2. The van der Waals surface area contributed by atoms with Crippen LogP contribution in [0.25, 0.3) is 11.0 Å². The molecule has 4 rings (SSSR count). The average molecular weight is 467 g/mol. The SMILES string of the molecule is C=C(NC)Nn1c(CN2C(=C)C(CC)(CCC)c3ccncc32)nc2ccc(Cl)cc21.CC. The molecule has 2 aromatic heterocycles. The van der Waals surface area contributed by atoms with Crippen LogP contribution >= 0.6 is 11.6 Å². The summed E-state index contributed by atoms with van der Waals surface area (Å²) in [5.41, 5.74) is 8.49. The summed E-state index contributed by atoms with van der Waals surface area (Å²) in [4.78, 5) is 11.6. The van der Waals surface area contributed by atoms with Gasteiger partial charge < -0.3 is 10.2 Å². The zero-order chi connectivity index (χ0) is 24.2. The summed E-state index contributed by atoms with van der Waals surface area (Å²) in [6, 6.07) is 7.84. The molecule has 176 valence electrons. The topological polar surface area (TPSA) is 58.0 Å². The summed E-state index contributed by atoms with van der Waals surface area (Å²) in [7, 11) is 1.83. The van der Waals surface area contributed by atoms with E-state index in [2.05, 4.69) is 53.7 Å². The number of fused-ring (bicyclic) bond motifs is 2. The Hall–Kier alpha value is -2.99. The second-order valence-electron chi connectivity index (χ2n) is 7.95. The summed E-state index contributed by atoms with van der Waals surface area (Å²) < 4.78 is 1.94. The van der Waals surface area contributed by atoms with E-state index >= 15 is 0 Å². The van der Waals surface area contributed by atoms with E-state index < -0.39 is 0 Å². The van der Waals surface area contributed by atoms with Gasteiger partial charge in [0.2, 0.25) is 0 Å².